The highest BCUT2D eigenvalue weighted by Gasteiger charge is 2.21. The third-order valence-electron chi connectivity index (χ3n) is 3.93. The number of carbonyl (C=O) groups is 1. The Morgan fingerprint density at radius 2 is 1.88 bits per heavy atom. The molecule has 1 saturated carbocycles. The zero-order valence-electron chi connectivity index (χ0n) is 10.5. The highest BCUT2D eigenvalue weighted by Crippen LogP contribution is 2.23. The summed E-state index contributed by atoms with van der Waals surface area (Å²) in [6.45, 7) is 2.01. The topological polar surface area (TPSA) is 41.1 Å². The summed E-state index contributed by atoms with van der Waals surface area (Å²) < 4.78 is 0. The van der Waals surface area contributed by atoms with Gasteiger partial charge in [0.1, 0.15) is 0 Å². The van der Waals surface area contributed by atoms with Gasteiger partial charge in [-0.15, -0.1) is 12.4 Å². The van der Waals surface area contributed by atoms with Gasteiger partial charge >= 0.3 is 0 Å². The molecular weight excluding hydrogens is 236 g/mol. The van der Waals surface area contributed by atoms with Crippen LogP contribution in [-0.2, 0) is 4.79 Å². The minimum absolute atomic E-state index is 0. The van der Waals surface area contributed by atoms with Crippen molar-refractivity contribution in [1.29, 1.82) is 0 Å². The van der Waals surface area contributed by atoms with Gasteiger partial charge in [-0.05, 0) is 38.6 Å². The smallest absolute Gasteiger partial charge is 0.223 e. The molecule has 0 bridgehead atoms. The highest BCUT2D eigenvalue weighted by atomic mass is 35.5. The van der Waals surface area contributed by atoms with E-state index in [0.717, 1.165) is 32.4 Å². The summed E-state index contributed by atoms with van der Waals surface area (Å²) in [5, 5.41) is 6.56. The van der Waals surface area contributed by atoms with Crippen LogP contribution in [0.25, 0.3) is 0 Å². The maximum absolute atomic E-state index is 11.8. The average Bonchev–Trinajstić information content (AvgIpc) is 2.83. The van der Waals surface area contributed by atoms with E-state index >= 15 is 0 Å². The van der Waals surface area contributed by atoms with Crippen molar-refractivity contribution in [3.05, 3.63) is 0 Å². The number of carbonyl (C=O) groups excluding carboxylic acids is 1. The van der Waals surface area contributed by atoms with Crippen molar-refractivity contribution >= 4 is 18.3 Å². The van der Waals surface area contributed by atoms with E-state index in [4.69, 9.17) is 0 Å². The quantitative estimate of drug-likeness (QED) is 0.814. The molecule has 2 rings (SSSR count). The molecule has 1 aliphatic carbocycles. The van der Waals surface area contributed by atoms with Crippen molar-refractivity contribution in [2.24, 2.45) is 5.92 Å². The van der Waals surface area contributed by atoms with Gasteiger partial charge in [0.25, 0.3) is 0 Å². The van der Waals surface area contributed by atoms with Gasteiger partial charge in [0.05, 0.1) is 0 Å². The molecule has 100 valence electrons. The van der Waals surface area contributed by atoms with Crippen molar-refractivity contribution in [3.8, 4) is 0 Å². The SMILES string of the molecule is Cl.O=C(NCC[C@H]1CCCN1)C1CCCCC1. The maximum Gasteiger partial charge on any atom is 0.223 e. The molecule has 17 heavy (non-hydrogen) atoms. The predicted octanol–water partition coefficient (Wildman–Crippen LogP) is 2.25. The normalized spacial score (nSPS) is 25.3. The number of nitrogens with one attached hydrogen (secondary N) is 2. The van der Waals surface area contributed by atoms with Crippen molar-refractivity contribution in [2.45, 2.75) is 57.4 Å². The molecule has 0 aromatic heterocycles. The van der Waals surface area contributed by atoms with E-state index in [0.29, 0.717) is 17.9 Å². The summed E-state index contributed by atoms with van der Waals surface area (Å²) in [5.74, 6) is 0.614. The van der Waals surface area contributed by atoms with Crippen LogP contribution in [0.15, 0.2) is 0 Å². The third-order valence-corrected chi connectivity index (χ3v) is 3.93. The van der Waals surface area contributed by atoms with E-state index in [-0.39, 0.29) is 12.4 Å². The molecule has 2 aliphatic rings. The maximum atomic E-state index is 11.8. The van der Waals surface area contributed by atoms with Crippen LogP contribution < -0.4 is 10.6 Å². The Hall–Kier alpha value is -0.280. The first-order valence-electron chi connectivity index (χ1n) is 6.87. The van der Waals surface area contributed by atoms with Gasteiger partial charge in [-0.2, -0.15) is 0 Å². The van der Waals surface area contributed by atoms with Gasteiger partial charge in [-0.3, -0.25) is 4.79 Å². The molecule has 0 aromatic carbocycles. The fourth-order valence-electron chi connectivity index (χ4n) is 2.88. The molecule has 1 aliphatic heterocycles. The molecule has 1 amide bonds. The van der Waals surface area contributed by atoms with E-state index in [1.54, 1.807) is 0 Å². The molecule has 1 saturated heterocycles. The minimum atomic E-state index is 0. The Kier molecular flexibility index (Phi) is 6.90. The van der Waals surface area contributed by atoms with Gasteiger partial charge in [0.2, 0.25) is 5.91 Å². The lowest BCUT2D eigenvalue weighted by molar-refractivity contribution is -0.125. The lowest BCUT2D eigenvalue weighted by atomic mass is 9.88. The van der Waals surface area contributed by atoms with Crippen LogP contribution in [0.4, 0.5) is 0 Å². The van der Waals surface area contributed by atoms with Crippen LogP contribution in [0.1, 0.15) is 51.4 Å². The van der Waals surface area contributed by atoms with Gasteiger partial charge < -0.3 is 10.6 Å². The molecule has 0 spiro atoms. The summed E-state index contributed by atoms with van der Waals surface area (Å²) >= 11 is 0. The summed E-state index contributed by atoms with van der Waals surface area (Å²) in [6, 6.07) is 0.645. The second-order valence-corrected chi connectivity index (χ2v) is 5.21. The number of halogens is 1. The van der Waals surface area contributed by atoms with Crippen molar-refractivity contribution in [2.75, 3.05) is 13.1 Å². The molecule has 1 heterocycles. The summed E-state index contributed by atoms with van der Waals surface area (Å²) in [5.41, 5.74) is 0. The van der Waals surface area contributed by atoms with Gasteiger partial charge in [0, 0.05) is 18.5 Å². The summed E-state index contributed by atoms with van der Waals surface area (Å²) in [7, 11) is 0. The van der Waals surface area contributed by atoms with Crippen LogP contribution in [0.2, 0.25) is 0 Å². The molecular formula is C13H25ClN2O. The van der Waals surface area contributed by atoms with Crippen molar-refractivity contribution in [3.63, 3.8) is 0 Å². The van der Waals surface area contributed by atoms with Gasteiger partial charge in [-0.25, -0.2) is 0 Å². The molecule has 2 N–H and O–H groups in total. The molecule has 2 fully saturated rings. The lowest BCUT2D eigenvalue weighted by Crippen LogP contribution is -2.35. The fourth-order valence-corrected chi connectivity index (χ4v) is 2.88. The zero-order chi connectivity index (χ0) is 11.2. The third kappa shape index (κ3) is 4.84. The highest BCUT2D eigenvalue weighted by molar-refractivity contribution is 5.85. The first-order chi connectivity index (χ1) is 7.86. The van der Waals surface area contributed by atoms with Gasteiger partial charge in [-0.1, -0.05) is 19.3 Å². The molecule has 0 radical (unpaired) electrons. The summed E-state index contributed by atoms with van der Waals surface area (Å²) in [4.78, 5) is 11.8. The van der Waals surface area contributed by atoms with Crippen LogP contribution in [0.3, 0.4) is 0 Å². The van der Waals surface area contributed by atoms with Crippen LogP contribution in [0.5, 0.6) is 0 Å². The number of hydrogen-bond acceptors (Lipinski definition) is 2. The van der Waals surface area contributed by atoms with E-state index in [2.05, 4.69) is 10.6 Å². The predicted molar refractivity (Wildman–Crippen MR) is 72.5 cm³/mol. The first-order valence-corrected chi connectivity index (χ1v) is 6.87. The largest absolute Gasteiger partial charge is 0.356 e. The molecule has 1 atom stereocenters. The van der Waals surface area contributed by atoms with Crippen LogP contribution in [0, 0.1) is 5.92 Å². The molecule has 4 heteroatoms. The van der Waals surface area contributed by atoms with E-state index in [1.807, 2.05) is 0 Å². The second kappa shape index (κ2) is 7.93. The molecule has 0 aromatic rings. The lowest BCUT2D eigenvalue weighted by Gasteiger charge is -2.21. The number of amides is 1. The fraction of sp³-hybridized carbons (Fsp3) is 0.923. The van der Waals surface area contributed by atoms with Crippen molar-refractivity contribution < 1.29 is 4.79 Å². The van der Waals surface area contributed by atoms with Gasteiger partial charge in [0.15, 0.2) is 0 Å². The second-order valence-electron chi connectivity index (χ2n) is 5.21. The van der Waals surface area contributed by atoms with Crippen molar-refractivity contribution in [1.82, 2.24) is 10.6 Å². The molecule has 3 nitrogen and oxygen atoms in total. The number of rotatable bonds is 4. The minimum Gasteiger partial charge on any atom is -0.356 e. The number of hydrogen-bond donors (Lipinski definition) is 2. The monoisotopic (exact) mass is 260 g/mol. The Morgan fingerprint density at radius 1 is 1.12 bits per heavy atom. The average molecular weight is 261 g/mol. The molecule has 0 unspecified atom stereocenters. The first kappa shape index (κ1) is 14.8. The summed E-state index contributed by atoms with van der Waals surface area (Å²) in [6.07, 6.45) is 9.67. The Bertz CT molecular complexity index is 223. The van der Waals surface area contributed by atoms with E-state index in [1.165, 1.54) is 32.1 Å². The van der Waals surface area contributed by atoms with Crippen LogP contribution >= 0.6 is 12.4 Å². The zero-order valence-corrected chi connectivity index (χ0v) is 11.4. The Balaban J connectivity index is 0.00000144. The Morgan fingerprint density at radius 3 is 2.53 bits per heavy atom. The standard InChI is InChI=1S/C13H24N2O.ClH/c16-13(11-5-2-1-3-6-11)15-10-8-12-7-4-9-14-12;/h11-12,14H,1-10H2,(H,15,16);1H/t12-;/m1./s1. The van der Waals surface area contributed by atoms with Crippen LogP contribution in [-0.4, -0.2) is 25.0 Å². The van der Waals surface area contributed by atoms with E-state index in [9.17, 15) is 4.79 Å². The Labute approximate surface area is 111 Å². The van der Waals surface area contributed by atoms with E-state index < -0.39 is 0 Å².